The number of nitrogens with zero attached hydrogens (tertiary/aromatic N) is 1. The first-order valence-electron chi connectivity index (χ1n) is 6.89. The summed E-state index contributed by atoms with van der Waals surface area (Å²) in [7, 11) is 0. The van der Waals surface area contributed by atoms with Crippen molar-refractivity contribution in [2.75, 3.05) is 18.5 Å². The van der Waals surface area contributed by atoms with E-state index in [1.807, 2.05) is 30.0 Å². The Balaban J connectivity index is 2.17. The van der Waals surface area contributed by atoms with E-state index in [0.29, 0.717) is 23.1 Å². The van der Waals surface area contributed by atoms with E-state index >= 15 is 0 Å². The predicted octanol–water partition coefficient (Wildman–Crippen LogP) is 2.40. The third kappa shape index (κ3) is 2.89. The molecule has 1 saturated heterocycles. The normalized spacial score (nSPS) is 19.0. The maximum atomic E-state index is 12.5. The lowest BCUT2D eigenvalue weighted by molar-refractivity contribution is 0.0785. The van der Waals surface area contributed by atoms with Gasteiger partial charge in [0.2, 0.25) is 0 Å². The molecule has 0 aromatic heterocycles. The molecule has 4 heteroatoms. The fourth-order valence-electron chi connectivity index (χ4n) is 2.65. The highest BCUT2D eigenvalue weighted by atomic mass is 16.2. The maximum absolute atomic E-state index is 12.5. The number of anilines is 1. The van der Waals surface area contributed by atoms with Crippen LogP contribution in [-0.4, -0.2) is 23.9 Å². The van der Waals surface area contributed by atoms with Crippen molar-refractivity contribution in [1.82, 2.24) is 4.90 Å². The Morgan fingerprint density at radius 2 is 2.21 bits per heavy atom. The number of amides is 1. The summed E-state index contributed by atoms with van der Waals surface area (Å²) < 4.78 is 0. The number of benzene rings is 1. The van der Waals surface area contributed by atoms with Crippen LogP contribution < -0.4 is 11.3 Å². The van der Waals surface area contributed by atoms with Gasteiger partial charge in [0, 0.05) is 13.1 Å². The first-order valence-corrected chi connectivity index (χ1v) is 6.89. The molecule has 1 aromatic carbocycles. The van der Waals surface area contributed by atoms with Gasteiger partial charge in [-0.15, -0.1) is 0 Å². The first kappa shape index (κ1) is 13.9. The summed E-state index contributed by atoms with van der Waals surface area (Å²) in [5.41, 5.74) is 5.09. The molecule has 3 N–H and O–H groups in total. The second-order valence-electron chi connectivity index (χ2n) is 5.74. The monoisotopic (exact) mass is 261 g/mol. The number of carbonyl (C=O) groups excluding carboxylic acids is 1. The number of rotatable bonds is 3. The molecule has 0 radical (unpaired) electrons. The summed E-state index contributed by atoms with van der Waals surface area (Å²) in [5.74, 6) is 6.83. The number of aryl methyl sites for hydroxylation is 1. The van der Waals surface area contributed by atoms with E-state index in [2.05, 4.69) is 19.3 Å². The van der Waals surface area contributed by atoms with E-state index in [0.717, 1.165) is 25.1 Å². The van der Waals surface area contributed by atoms with E-state index in [4.69, 9.17) is 5.84 Å². The van der Waals surface area contributed by atoms with Crippen LogP contribution >= 0.6 is 0 Å². The quantitative estimate of drug-likeness (QED) is 0.649. The summed E-state index contributed by atoms with van der Waals surface area (Å²) in [4.78, 5) is 14.5. The van der Waals surface area contributed by atoms with Gasteiger partial charge in [-0.1, -0.05) is 19.9 Å². The summed E-state index contributed by atoms with van der Waals surface area (Å²) in [5, 5.41) is 0. The Labute approximate surface area is 114 Å². The molecule has 1 aliphatic heterocycles. The average molecular weight is 261 g/mol. The van der Waals surface area contributed by atoms with Crippen LogP contribution in [0.1, 0.15) is 36.2 Å². The zero-order valence-corrected chi connectivity index (χ0v) is 11.9. The van der Waals surface area contributed by atoms with Crippen LogP contribution in [-0.2, 0) is 0 Å². The molecular weight excluding hydrogens is 238 g/mol. The van der Waals surface area contributed by atoms with Gasteiger partial charge in [-0.2, -0.15) is 0 Å². The van der Waals surface area contributed by atoms with Gasteiger partial charge in [-0.05, 0) is 42.9 Å². The molecule has 0 saturated carbocycles. The summed E-state index contributed by atoms with van der Waals surface area (Å²) in [6.07, 6.45) is 1.10. The minimum absolute atomic E-state index is 0.0797. The molecule has 1 aliphatic rings. The van der Waals surface area contributed by atoms with Gasteiger partial charge >= 0.3 is 0 Å². The van der Waals surface area contributed by atoms with Crippen molar-refractivity contribution in [3.63, 3.8) is 0 Å². The molecule has 104 valence electrons. The van der Waals surface area contributed by atoms with Crippen molar-refractivity contribution < 1.29 is 4.79 Å². The molecule has 4 nitrogen and oxygen atoms in total. The average Bonchev–Trinajstić information content (AvgIpc) is 2.87. The molecule has 2 rings (SSSR count). The van der Waals surface area contributed by atoms with Crippen LogP contribution in [0.4, 0.5) is 5.69 Å². The number of hydrogen-bond acceptors (Lipinski definition) is 3. The van der Waals surface area contributed by atoms with Gasteiger partial charge in [0.15, 0.2) is 0 Å². The number of hydrazine groups is 1. The molecule has 19 heavy (non-hydrogen) atoms. The van der Waals surface area contributed by atoms with E-state index in [1.165, 1.54) is 0 Å². The van der Waals surface area contributed by atoms with Crippen LogP contribution in [0, 0.1) is 18.8 Å². The van der Waals surface area contributed by atoms with Crippen LogP contribution in [0.2, 0.25) is 0 Å². The lowest BCUT2D eigenvalue weighted by Crippen LogP contribution is -2.30. The zero-order chi connectivity index (χ0) is 14.0. The minimum Gasteiger partial charge on any atom is -0.338 e. The number of likely N-dealkylation sites (tertiary alicyclic amines) is 1. The summed E-state index contributed by atoms with van der Waals surface area (Å²) in [6.45, 7) is 8.13. The maximum Gasteiger partial charge on any atom is 0.256 e. The third-order valence-electron chi connectivity index (χ3n) is 4.02. The van der Waals surface area contributed by atoms with Crippen molar-refractivity contribution in [3.8, 4) is 0 Å². The molecule has 1 aromatic rings. The minimum atomic E-state index is 0.0797. The van der Waals surface area contributed by atoms with Crippen LogP contribution in [0.3, 0.4) is 0 Å². The Morgan fingerprint density at radius 3 is 2.79 bits per heavy atom. The first-order chi connectivity index (χ1) is 9.02. The summed E-state index contributed by atoms with van der Waals surface area (Å²) >= 11 is 0. The topological polar surface area (TPSA) is 58.4 Å². The van der Waals surface area contributed by atoms with Crippen molar-refractivity contribution in [1.29, 1.82) is 0 Å². The molecule has 1 heterocycles. The van der Waals surface area contributed by atoms with Gasteiger partial charge in [0.25, 0.3) is 5.91 Å². The number of carbonyl (C=O) groups is 1. The molecule has 0 bridgehead atoms. The van der Waals surface area contributed by atoms with Gasteiger partial charge in [-0.25, -0.2) is 0 Å². The van der Waals surface area contributed by atoms with E-state index in [-0.39, 0.29) is 5.91 Å². The van der Waals surface area contributed by atoms with Crippen molar-refractivity contribution in [2.45, 2.75) is 27.2 Å². The smallest absolute Gasteiger partial charge is 0.256 e. The molecule has 0 spiro atoms. The van der Waals surface area contributed by atoms with E-state index in [9.17, 15) is 4.79 Å². The fourth-order valence-corrected chi connectivity index (χ4v) is 2.65. The Bertz CT molecular complexity index is 470. The largest absolute Gasteiger partial charge is 0.338 e. The van der Waals surface area contributed by atoms with Gasteiger partial charge in [0.1, 0.15) is 0 Å². The Hall–Kier alpha value is -1.55. The standard InChI is InChI=1S/C15H23N3O/c1-10(2)12-6-7-18(9-12)15(19)13-5-4-11(3)8-14(13)17-16/h4-5,8,10,12,17H,6-7,9,16H2,1-3H3. The van der Waals surface area contributed by atoms with Gasteiger partial charge in [0.05, 0.1) is 11.3 Å². The molecule has 1 fully saturated rings. The van der Waals surface area contributed by atoms with Crippen LogP contribution in [0.5, 0.6) is 0 Å². The molecular formula is C15H23N3O. The molecule has 0 aliphatic carbocycles. The van der Waals surface area contributed by atoms with Crippen LogP contribution in [0.25, 0.3) is 0 Å². The van der Waals surface area contributed by atoms with E-state index in [1.54, 1.807) is 0 Å². The van der Waals surface area contributed by atoms with Gasteiger partial charge < -0.3 is 10.3 Å². The SMILES string of the molecule is Cc1ccc(C(=O)N2CCC(C(C)C)C2)c(NN)c1. The molecule has 1 amide bonds. The summed E-state index contributed by atoms with van der Waals surface area (Å²) in [6, 6.07) is 5.71. The Kier molecular flexibility index (Phi) is 4.10. The highest BCUT2D eigenvalue weighted by Gasteiger charge is 2.29. The number of hydrogen-bond donors (Lipinski definition) is 2. The lowest BCUT2D eigenvalue weighted by Gasteiger charge is -2.20. The highest BCUT2D eigenvalue weighted by molar-refractivity contribution is 5.99. The number of nitrogens with one attached hydrogen (secondary N) is 1. The fraction of sp³-hybridized carbons (Fsp3) is 0.533. The van der Waals surface area contributed by atoms with E-state index < -0.39 is 0 Å². The molecule has 1 atom stereocenters. The van der Waals surface area contributed by atoms with Crippen LogP contribution in [0.15, 0.2) is 18.2 Å². The Morgan fingerprint density at radius 1 is 1.47 bits per heavy atom. The van der Waals surface area contributed by atoms with Crippen molar-refractivity contribution in [3.05, 3.63) is 29.3 Å². The third-order valence-corrected chi connectivity index (χ3v) is 4.02. The second-order valence-corrected chi connectivity index (χ2v) is 5.74. The zero-order valence-electron chi connectivity index (χ0n) is 11.9. The highest BCUT2D eigenvalue weighted by Crippen LogP contribution is 2.26. The lowest BCUT2D eigenvalue weighted by atomic mass is 9.95. The van der Waals surface area contributed by atoms with Crippen molar-refractivity contribution >= 4 is 11.6 Å². The van der Waals surface area contributed by atoms with Crippen molar-refractivity contribution in [2.24, 2.45) is 17.7 Å². The molecule has 1 unspecified atom stereocenters. The second kappa shape index (κ2) is 5.61. The predicted molar refractivity (Wildman–Crippen MR) is 77.8 cm³/mol. The number of nitrogens with two attached hydrogens (primary N) is 1. The van der Waals surface area contributed by atoms with Gasteiger partial charge in [-0.3, -0.25) is 10.6 Å². The number of nitrogen functional groups attached to an aromatic ring is 1.